The third-order valence-electron chi connectivity index (χ3n) is 5.22. The van der Waals surface area contributed by atoms with Crippen LogP contribution in [0.3, 0.4) is 0 Å². The fourth-order valence-electron chi connectivity index (χ4n) is 3.48. The summed E-state index contributed by atoms with van der Waals surface area (Å²) < 4.78 is 5.10. The van der Waals surface area contributed by atoms with Crippen molar-refractivity contribution in [3.63, 3.8) is 0 Å². The normalized spacial score (nSPS) is 16.2. The molecule has 9 heteroatoms. The Kier molecular flexibility index (Phi) is 7.85. The van der Waals surface area contributed by atoms with Crippen molar-refractivity contribution in [3.8, 4) is 6.07 Å². The summed E-state index contributed by atoms with van der Waals surface area (Å²) in [4.78, 5) is 37.4. The summed E-state index contributed by atoms with van der Waals surface area (Å²) in [5.74, 6) is -1.11. The zero-order chi connectivity index (χ0) is 21.4. The van der Waals surface area contributed by atoms with Crippen molar-refractivity contribution in [1.29, 1.82) is 5.26 Å². The van der Waals surface area contributed by atoms with Crippen LogP contribution in [-0.2, 0) is 14.3 Å². The van der Waals surface area contributed by atoms with Gasteiger partial charge in [0, 0.05) is 12.1 Å². The van der Waals surface area contributed by atoms with E-state index in [0.717, 1.165) is 19.3 Å². The number of rotatable bonds is 7. The van der Waals surface area contributed by atoms with Gasteiger partial charge in [-0.25, -0.2) is 4.79 Å². The van der Waals surface area contributed by atoms with E-state index in [9.17, 15) is 19.6 Å². The number of carbonyl (C=O) groups excluding carboxylic acids is 3. The van der Waals surface area contributed by atoms with E-state index < -0.39 is 36.1 Å². The minimum Gasteiger partial charge on any atom is -0.455 e. The van der Waals surface area contributed by atoms with Gasteiger partial charge in [0.15, 0.2) is 6.61 Å². The Bertz CT molecular complexity index is 785. The molecule has 0 aliphatic heterocycles. The molecule has 1 fully saturated rings. The summed E-state index contributed by atoms with van der Waals surface area (Å²) in [5, 5.41) is 12.6. The number of primary amides is 1. The van der Waals surface area contributed by atoms with E-state index in [4.69, 9.17) is 22.1 Å². The van der Waals surface area contributed by atoms with Crippen molar-refractivity contribution in [3.05, 3.63) is 34.9 Å². The van der Waals surface area contributed by atoms with Crippen LogP contribution in [0.25, 0.3) is 0 Å². The fourth-order valence-corrected chi connectivity index (χ4v) is 3.61. The molecule has 0 radical (unpaired) electrons. The number of halogens is 1. The van der Waals surface area contributed by atoms with Gasteiger partial charge in [0.2, 0.25) is 0 Å². The quantitative estimate of drug-likeness (QED) is 0.656. The van der Waals surface area contributed by atoms with Crippen molar-refractivity contribution in [1.82, 2.24) is 10.2 Å². The molecule has 0 aromatic heterocycles. The second kappa shape index (κ2) is 10.1. The summed E-state index contributed by atoms with van der Waals surface area (Å²) in [6.45, 7) is -0.470. The number of nitrogens with two attached hydrogens (primary N) is 1. The van der Waals surface area contributed by atoms with E-state index in [2.05, 4.69) is 11.4 Å². The third kappa shape index (κ3) is 6.09. The minimum absolute atomic E-state index is 0.203. The smallest absolute Gasteiger partial charge is 0.312 e. The molecule has 1 aliphatic rings. The van der Waals surface area contributed by atoms with E-state index in [0.29, 0.717) is 23.4 Å². The number of urea groups is 1. The van der Waals surface area contributed by atoms with Crippen molar-refractivity contribution in [2.24, 2.45) is 5.73 Å². The van der Waals surface area contributed by atoms with Gasteiger partial charge in [-0.2, -0.15) is 5.26 Å². The molecule has 156 valence electrons. The predicted octanol–water partition coefficient (Wildman–Crippen LogP) is 2.67. The van der Waals surface area contributed by atoms with Crippen LogP contribution in [0.1, 0.15) is 50.1 Å². The summed E-state index contributed by atoms with van der Waals surface area (Å²) in [7, 11) is 1.57. The molecule has 3 N–H and O–H groups in total. The van der Waals surface area contributed by atoms with Gasteiger partial charge >= 0.3 is 12.0 Å². The van der Waals surface area contributed by atoms with Crippen LogP contribution in [0.4, 0.5) is 4.79 Å². The second-order valence-electron chi connectivity index (χ2n) is 7.13. The van der Waals surface area contributed by atoms with E-state index in [1.807, 2.05) is 0 Å². The Hall–Kier alpha value is -2.79. The first-order valence-electron chi connectivity index (χ1n) is 9.42. The average Bonchev–Trinajstić information content (AvgIpc) is 2.71. The Morgan fingerprint density at radius 1 is 1.28 bits per heavy atom. The maximum atomic E-state index is 12.5. The summed E-state index contributed by atoms with van der Waals surface area (Å²) in [6, 6.07) is 7.33. The number of carbonyl (C=O) groups is 3. The molecular weight excluding hydrogens is 396 g/mol. The van der Waals surface area contributed by atoms with Crippen molar-refractivity contribution in [2.75, 3.05) is 13.7 Å². The minimum atomic E-state index is -0.846. The Morgan fingerprint density at radius 3 is 2.45 bits per heavy atom. The van der Waals surface area contributed by atoms with Crippen LogP contribution in [0, 0.1) is 11.3 Å². The number of amides is 3. The molecule has 1 aromatic rings. The number of hydrogen-bond acceptors (Lipinski definition) is 5. The van der Waals surface area contributed by atoms with Gasteiger partial charge in [0.05, 0.1) is 18.5 Å². The number of nitrogens with zero attached hydrogens (tertiary/aromatic N) is 2. The molecule has 1 aromatic carbocycles. The summed E-state index contributed by atoms with van der Waals surface area (Å²) in [5.41, 5.74) is 4.97. The fraction of sp³-hybridized carbons (Fsp3) is 0.500. The molecule has 1 aliphatic carbocycles. The standard InChI is InChI=1S/C20H25ClN4O4/c1-25(20(13-22)9-3-2-4-10-20)17(26)12-29-18(27)11-16(24-19(23)28)14-5-7-15(21)8-6-14/h5-8,16H,2-4,9-12H2,1H3,(H3,23,24,28)/t16-/m1/s1. The second-order valence-corrected chi connectivity index (χ2v) is 7.57. The molecule has 0 bridgehead atoms. The summed E-state index contributed by atoms with van der Waals surface area (Å²) >= 11 is 5.86. The zero-order valence-corrected chi connectivity index (χ0v) is 17.1. The van der Waals surface area contributed by atoms with E-state index in [1.165, 1.54) is 4.90 Å². The molecule has 0 saturated heterocycles. The van der Waals surface area contributed by atoms with Gasteiger partial charge in [-0.15, -0.1) is 0 Å². The Balaban J connectivity index is 1.95. The molecule has 3 amide bonds. The third-order valence-corrected chi connectivity index (χ3v) is 5.47. The van der Waals surface area contributed by atoms with Crippen LogP contribution >= 0.6 is 11.6 Å². The van der Waals surface area contributed by atoms with E-state index in [1.54, 1.807) is 31.3 Å². The van der Waals surface area contributed by atoms with Crippen LogP contribution in [0.5, 0.6) is 0 Å². The lowest BCUT2D eigenvalue weighted by Gasteiger charge is -2.38. The number of nitrogens with one attached hydrogen (secondary N) is 1. The topological polar surface area (TPSA) is 126 Å². The molecule has 0 spiro atoms. The Labute approximate surface area is 174 Å². The summed E-state index contributed by atoms with van der Waals surface area (Å²) in [6.07, 6.45) is 3.82. The van der Waals surface area contributed by atoms with Gasteiger partial charge in [0.25, 0.3) is 5.91 Å². The maximum absolute atomic E-state index is 12.5. The molecular formula is C20H25ClN4O4. The lowest BCUT2D eigenvalue weighted by molar-refractivity contribution is -0.154. The van der Waals surface area contributed by atoms with Crippen LogP contribution in [0.15, 0.2) is 24.3 Å². The van der Waals surface area contributed by atoms with Gasteiger partial charge in [-0.1, -0.05) is 43.0 Å². The first-order valence-corrected chi connectivity index (χ1v) is 9.80. The van der Waals surface area contributed by atoms with Crippen LogP contribution in [-0.4, -0.2) is 42.0 Å². The maximum Gasteiger partial charge on any atom is 0.312 e. The van der Waals surface area contributed by atoms with Gasteiger partial charge in [-0.3, -0.25) is 9.59 Å². The van der Waals surface area contributed by atoms with Crippen molar-refractivity contribution < 1.29 is 19.1 Å². The number of nitriles is 1. The molecule has 1 saturated carbocycles. The van der Waals surface area contributed by atoms with Crippen molar-refractivity contribution in [2.45, 2.75) is 50.1 Å². The highest BCUT2D eigenvalue weighted by molar-refractivity contribution is 6.30. The van der Waals surface area contributed by atoms with E-state index in [-0.39, 0.29) is 6.42 Å². The van der Waals surface area contributed by atoms with Gasteiger partial charge < -0.3 is 20.7 Å². The monoisotopic (exact) mass is 420 g/mol. The van der Waals surface area contributed by atoms with Crippen LogP contribution in [0.2, 0.25) is 5.02 Å². The molecule has 2 rings (SSSR count). The lowest BCUT2D eigenvalue weighted by atomic mass is 9.81. The number of hydrogen-bond donors (Lipinski definition) is 2. The van der Waals surface area contributed by atoms with Crippen LogP contribution < -0.4 is 11.1 Å². The zero-order valence-electron chi connectivity index (χ0n) is 16.3. The number of benzene rings is 1. The Morgan fingerprint density at radius 2 is 1.90 bits per heavy atom. The first kappa shape index (κ1) is 22.5. The number of esters is 1. The van der Waals surface area contributed by atoms with E-state index >= 15 is 0 Å². The average molecular weight is 421 g/mol. The molecule has 8 nitrogen and oxygen atoms in total. The highest BCUT2D eigenvalue weighted by atomic mass is 35.5. The number of likely N-dealkylation sites (N-methyl/N-ethyl adjacent to an activating group) is 1. The first-order chi connectivity index (χ1) is 13.8. The van der Waals surface area contributed by atoms with Gasteiger partial charge in [0.1, 0.15) is 5.54 Å². The SMILES string of the molecule is CN(C(=O)COC(=O)C[C@@H](NC(N)=O)c1ccc(Cl)cc1)C1(C#N)CCCCC1. The molecule has 29 heavy (non-hydrogen) atoms. The molecule has 0 unspecified atom stereocenters. The highest BCUT2D eigenvalue weighted by Crippen LogP contribution is 2.32. The lowest BCUT2D eigenvalue weighted by Crippen LogP contribution is -2.51. The van der Waals surface area contributed by atoms with Crippen molar-refractivity contribution >= 4 is 29.5 Å². The highest BCUT2D eigenvalue weighted by Gasteiger charge is 2.39. The van der Waals surface area contributed by atoms with Gasteiger partial charge in [-0.05, 0) is 30.5 Å². The largest absolute Gasteiger partial charge is 0.455 e. The molecule has 0 heterocycles. The predicted molar refractivity (Wildman–Crippen MR) is 107 cm³/mol. The molecule has 1 atom stereocenters. The number of ether oxygens (including phenoxy) is 1.